The standard InChI is InChI=1S/C21H37BrO3Si/c1-4-7-14-23-26(24-15-8-5-2,25-16-9-6-3)17-13-20-11-10-12-21(18-20)19-22/h10-12,18H,4-9,13-17,19H2,1-3H3. The van der Waals surface area contributed by atoms with E-state index in [4.69, 9.17) is 13.3 Å². The lowest BCUT2D eigenvalue weighted by Crippen LogP contribution is -2.47. The average Bonchev–Trinajstić information content (AvgIpc) is 2.67. The van der Waals surface area contributed by atoms with E-state index in [2.05, 4.69) is 61.0 Å². The van der Waals surface area contributed by atoms with E-state index in [0.717, 1.165) is 76.1 Å². The average molecular weight is 446 g/mol. The Kier molecular flexibility index (Phi) is 13.6. The molecule has 0 aromatic heterocycles. The number of aryl methyl sites for hydroxylation is 1. The first kappa shape index (κ1) is 23.8. The topological polar surface area (TPSA) is 27.7 Å². The summed E-state index contributed by atoms with van der Waals surface area (Å²) in [7, 11) is -2.63. The number of benzene rings is 1. The number of hydrogen-bond donors (Lipinski definition) is 0. The van der Waals surface area contributed by atoms with Crippen molar-refractivity contribution in [2.45, 2.75) is 77.1 Å². The highest BCUT2D eigenvalue weighted by Crippen LogP contribution is 2.22. The van der Waals surface area contributed by atoms with Gasteiger partial charge in [0, 0.05) is 31.2 Å². The van der Waals surface area contributed by atoms with Gasteiger partial charge in [0.05, 0.1) is 0 Å². The van der Waals surface area contributed by atoms with E-state index in [1.807, 2.05) is 0 Å². The molecule has 0 aliphatic heterocycles. The molecule has 3 nitrogen and oxygen atoms in total. The molecule has 0 saturated heterocycles. The molecule has 0 fully saturated rings. The second kappa shape index (κ2) is 14.8. The van der Waals surface area contributed by atoms with Gasteiger partial charge in [0.2, 0.25) is 0 Å². The summed E-state index contributed by atoms with van der Waals surface area (Å²) < 4.78 is 19.0. The fraction of sp³-hybridized carbons (Fsp3) is 0.714. The number of hydrogen-bond acceptors (Lipinski definition) is 3. The molecular formula is C21H37BrO3Si. The number of alkyl halides is 1. The van der Waals surface area contributed by atoms with E-state index in [-0.39, 0.29) is 0 Å². The normalized spacial score (nSPS) is 11.8. The Morgan fingerprint density at radius 3 is 1.77 bits per heavy atom. The first-order valence-electron chi connectivity index (χ1n) is 10.2. The van der Waals surface area contributed by atoms with Crippen molar-refractivity contribution >= 4 is 24.7 Å². The van der Waals surface area contributed by atoms with Crippen molar-refractivity contribution in [3.63, 3.8) is 0 Å². The number of rotatable bonds is 16. The fourth-order valence-corrected chi connectivity index (χ4v) is 5.62. The van der Waals surface area contributed by atoms with Crippen molar-refractivity contribution < 1.29 is 13.3 Å². The van der Waals surface area contributed by atoms with Gasteiger partial charge < -0.3 is 13.3 Å². The molecule has 1 rings (SSSR count). The minimum absolute atomic E-state index is 0.739. The Hall–Kier alpha value is -0.203. The molecule has 150 valence electrons. The summed E-state index contributed by atoms with van der Waals surface area (Å²) in [5.41, 5.74) is 2.64. The molecular weight excluding hydrogens is 408 g/mol. The first-order chi connectivity index (χ1) is 12.7. The largest absolute Gasteiger partial charge is 0.501 e. The van der Waals surface area contributed by atoms with Crippen molar-refractivity contribution in [2.24, 2.45) is 0 Å². The molecule has 1 aromatic carbocycles. The summed E-state index contributed by atoms with van der Waals surface area (Å²) in [6.07, 6.45) is 7.49. The van der Waals surface area contributed by atoms with Crippen molar-refractivity contribution in [1.29, 1.82) is 0 Å². The maximum atomic E-state index is 6.33. The van der Waals surface area contributed by atoms with Gasteiger partial charge in [0.25, 0.3) is 0 Å². The fourth-order valence-electron chi connectivity index (χ4n) is 2.62. The predicted molar refractivity (Wildman–Crippen MR) is 116 cm³/mol. The van der Waals surface area contributed by atoms with Gasteiger partial charge in [-0.1, -0.05) is 80.2 Å². The van der Waals surface area contributed by atoms with Gasteiger partial charge in [-0.15, -0.1) is 0 Å². The van der Waals surface area contributed by atoms with Crippen LogP contribution in [0.4, 0.5) is 0 Å². The minimum atomic E-state index is -2.63. The maximum absolute atomic E-state index is 6.33. The van der Waals surface area contributed by atoms with Crippen LogP contribution in [0.1, 0.15) is 70.4 Å². The highest BCUT2D eigenvalue weighted by molar-refractivity contribution is 9.08. The third-order valence-corrected chi connectivity index (χ3v) is 7.77. The molecule has 0 amide bonds. The monoisotopic (exact) mass is 444 g/mol. The molecule has 0 atom stereocenters. The van der Waals surface area contributed by atoms with E-state index in [0.29, 0.717) is 0 Å². The van der Waals surface area contributed by atoms with E-state index in [9.17, 15) is 0 Å². The lowest BCUT2D eigenvalue weighted by molar-refractivity contribution is 0.0564. The van der Waals surface area contributed by atoms with Crippen LogP contribution in [-0.4, -0.2) is 28.6 Å². The van der Waals surface area contributed by atoms with Crippen LogP contribution in [0.5, 0.6) is 0 Å². The van der Waals surface area contributed by atoms with Crippen LogP contribution >= 0.6 is 15.9 Å². The number of halogens is 1. The Labute approximate surface area is 170 Å². The van der Waals surface area contributed by atoms with Gasteiger partial charge in [0.15, 0.2) is 0 Å². The zero-order valence-electron chi connectivity index (χ0n) is 16.9. The highest BCUT2D eigenvalue weighted by atomic mass is 79.9. The molecule has 1 aromatic rings. The molecule has 26 heavy (non-hydrogen) atoms. The molecule has 0 aliphatic carbocycles. The van der Waals surface area contributed by atoms with Crippen LogP contribution in [0.15, 0.2) is 24.3 Å². The summed E-state index contributed by atoms with van der Waals surface area (Å²) in [5.74, 6) is 0. The summed E-state index contributed by atoms with van der Waals surface area (Å²) in [6.45, 7) is 8.78. The zero-order chi connectivity index (χ0) is 19.1. The van der Waals surface area contributed by atoms with Gasteiger partial charge in [-0.25, -0.2) is 0 Å². The van der Waals surface area contributed by atoms with Gasteiger partial charge >= 0.3 is 8.80 Å². The number of unbranched alkanes of at least 4 members (excludes halogenated alkanes) is 3. The second-order valence-corrected chi connectivity index (χ2v) is 10.0. The molecule has 0 N–H and O–H groups in total. The molecule has 0 aliphatic rings. The maximum Gasteiger partial charge on any atom is 0.501 e. The van der Waals surface area contributed by atoms with E-state index in [1.165, 1.54) is 11.1 Å². The molecule has 0 bridgehead atoms. The first-order valence-corrected chi connectivity index (χ1v) is 13.3. The molecule has 5 heteroatoms. The summed E-state index contributed by atoms with van der Waals surface area (Å²) in [6, 6.07) is 9.59. The van der Waals surface area contributed by atoms with Crippen LogP contribution in [-0.2, 0) is 25.0 Å². The molecule has 0 heterocycles. The SMILES string of the molecule is CCCCO[Si](CCc1cccc(CBr)c1)(OCCCC)OCCCC. The van der Waals surface area contributed by atoms with Crippen molar-refractivity contribution in [1.82, 2.24) is 0 Å². The second-order valence-electron chi connectivity index (χ2n) is 6.74. The minimum Gasteiger partial charge on any atom is -0.373 e. The Bertz CT molecular complexity index is 444. The van der Waals surface area contributed by atoms with Crippen molar-refractivity contribution in [3.8, 4) is 0 Å². The lowest BCUT2D eigenvalue weighted by Gasteiger charge is -2.30. The van der Waals surface area contributed by atoms with E-state index >= 15 is 0 Å². The summed E-state index contributed by atoms with van der Waals surface area (Å²) >= 11 is 3.54. The van der Waals surface area contributed by atoms with Crippen LogP contribution in [0.3, 0.4) is 0 Å². The smallest absolute Gasteiger partial charge is 0.373 e. The van der Waals surface area contributed by atoms with E-state index in [1.54, 1.807) is 0 Å². The zero-order valence-corrected chi connectivity index (χ0v) is 19.5. The van der Waals surface area contributed by atoms with Crippen molar-refractivity contribution in [3.05, 3.63) is 35.4 Å². The lowest BCUT2D eigenvalue weighted by atomic mass is 10.1. The van der Waals surface area contributed by atoms with Gasteiger partial charge in [-0.05, 0) is 36.8 Å². The Morgan fingerprint density at radius 1 is 0.808 bits per heavy atom. The highest BCUT2D eigenvalue weighted by Gasteiger charge is 2.40. The Balaban J connectivity index is 2.80. The van der Waals surface area contributed by atoms with E-state index < -0.39 is 8.80 Å². The summed E-state index contributed by atoms with van der Waals surface area (Å²) in [5, 5.41) is 0.885. The van der Waals surface area contributed by atoms with Crippen LogP contribution in [0.25, 0.3) is 0 Å². The van der Waals surface area contributed by atoms with Crippen LogP contribution in [0.2, 0.25) is 6.04 Å². The quantitative estimate of drug-likeness (QED) is 0.165. The van der Waals surface area contributed by atoms with Crippen molar-refractivity contribution in [2.75, 3.05) is 19.8 Å². The van der Waals surface area contributed by atoms with Crippen LogP contribution in [0, 0.1) is 0 Å². The van der Waals surface area contributed by atoms with Gasteiger partial charge in [-0.2, -0.15) is 0 Å². The molecule has 0 unspecified atom stereocenters. The Morgan fingerprint density at radius 2 is 1.31 bits per heavy atom. The van der Waals surface area contributed by atoms with Crippen LogP contribution < -0.4 is 0 Å². The predicted octanol–water partition coefficient (Wildman–Crippen LogP) is 6.51. The van der Waals surface area contributed by atoms with Gasteiger partial charge in [-0.3, -0.25) is 0 Å². The third-order valence-electron chi connectivity index (χ3n) is 4.33. The third kappa shape index (κ3) is 9.65. The molecule has 0 spiro atoms. The molecule has 0 radical (unpaired) electrons. The van der Waals surface area contributed by atoms with Gasteiger partial charge in [0.1, 0.15) is 0 Å². The molecule has 0 saturated carbocycles. The summed E-state index contributed by atoms with van der Waals surface area (Å²) in [4.78, 5) is 0.